The van der Waals surface area contributed by atoms with Gasteiger partial charge in [-0.3, -0.25) is 0 Å². The Morgan fingerprint density at radius 2 is 1.35 bits per heavy atom. The molecule has 4 atom stereocenters. The first-order valence-electron chi connectivity index (χ1n) is 7.28. The number of fused-ring (bicyclic) bond motifs is 2. The van der Waals surface area contributed by atoms with Crippen molar-refractivity contribution in [1.82, 2.24) is 0 Å². The van der Waals surface area contributed by atoms with E-state index in [1.54, 1.807) is 0 Å². The van der Waals surface area contributed by atoms with Crippen molar-refractivity contribution in [2.45, 2.75) is 58.2 Å². The van der Waals surface area contributed by atoms with Gasteiger partial charge in [-0.05, 0) is 19.3 Å². The molecule has 1 saturated carbocycles. The van der Waals surface area contributed by atoms with Crippen LogP contribution in [0.1, 0.15) is 46.0 Å². The Bertz CT molecular complexity index is 225. The fourth-order valence-electron chi connectivity index (χ4n) is 2.90. The Morgan fingerprint density at radius 3 is 1.76 bits per heavy atom. The summed E-state index contributed by atoms with van der Waals surface area (Å²) in [6.07, 6.45) is 11.3. The summed E-state index contributed by atoms with van der Waals surface area (Å²) in [6, 6.07) is 0. The van der Waals surface area contributed by atoms with Crippen molar-refractivity contribution >= 4 is 0 Å². The molecule has 0 aromatic carbocycles. The minimum Gasteiger partial charge on any atom is -0.375 e. The van der Waals surface area contributed by atoms with E-state index in [1.165, 1.54) is 32.1 Å². The quantitative estimate of drug-likeness (QED) is 0.475. The molecule has 2 rings (SSSR count). The first-order chi connectivity index (χ1) is 8.36. The smallest absolute Gasteiger partial charge is 0.0905 e. The second-order valence-electron chi connectivity index (χ2n) is 5.33. The van der Waals surface area contributed by atoms with E-state index in [0.717, 1.165) is 13.2 Å². The normalized spacial score (nSPS) is 34.7. The van der Waals surface area contributed by atoms with Crippen molar-refractivity contribution in [1.29, 1.82) is 0 Å². The van der Waals surface area contributed by atoms with E-state index in [2.05, 4.69) is 26.0 Å². The predicted molar refractivity (Wildman–Crippen MR) is 70.0 cm³/mol. The van der Waals surface area contributed by atoms with Crippen LogP contribution >= 0.6 is 0 Å². The minimum absolute atomic E-state index is 0.327. The zero-order valence-corrected chi connectivity index (χ0v) is 11.2. The second-order valence-corrected chi connectivity index (χ2v) is 5.33. The molecule has 0 spiro atoms. The molecule has 1 fully saturated rings. The first-order valence-corrected chi connectivity index (χ1v) is 7.28. The largest absolute Gasteiger partial charge is 0.375 e. The van der Waals surface area contributed by atoms with Crippen LogP contribution in [-0.2, 0) is 9.47 Å². The zero-order valence-electron chi connectivity index (χ0n) is 11.2. The molecule has 98 valence electrons. The second kappa shape index (κ2) is 6.55. The third-order valence-corrected chi connectivity index (χ3v) is 3.93. The fourth-order valence-corrected chi connectivity index (χ4v) is 2.90. The van der Waals surface area contributed by atoms with Gasteiger partial charge in [-0.1, -0.05) is 38.8 Å². The van der Waals surface area contributed by atoms with Gasteiger partial charge in [-0.15, -0.1) is 0 Å². The van der Waals surface area contributed by atoms with E-state index in [9.17, 15) is 0 Å². The molecule has 0 N–H and O–H groups in total. The van der Waals surface area contributed by atoms with Crippen molar-refractivity contribution in [3.8, 4) is 0 Å². The highest BCUT2D eigenvalue weighted by molar-refractivity contribution is 5.15. The first kappa shape index (κ1) is 13.1. The average molecular weight is 238 g/mol. The lowest BCUT2D eigenvalue weighted by atomic mass is 10.0. The van der Waals surface area contributed by atoms with Crippen LogP contribution < -0.4 is 0 Å². The molecule has 2 nitrogen and oxygen atoms in total. The summed E-state index contributed by atoms with van der Waals surface area (Å²) in [5.41, 5.74) is 0. The summed E-state index contributed by atoms with van der Waals surface area (Å²) in [4.78, 5) is 0. The van der Waals surface area contributed by atoms with Gasteiger partial charge >= 0.3 is 0 Å². The van der Waals surface area contributed by atoms with Gasteiger partial charge in [0.15, 0.2) is 0 Å². The van der Waals surface area contributed by atoms with Crippen molar-refractivity contribution in [2.24, 2.45) is 11.8 Å². The highest BCUT2D eigenvalue weighted by atomic mass is 16.5. The molecule has 0 aliphatic heterocycles. The lowest BCUT2D eigenvalue weighted by Crippen LogP contribution is -2.35. The van der Waals surface area contributed by atoms with Crippen LogP contribution in [0, 0.1) is 11.8 Å². The standard InChI is InChI=1S/C15H26O2/c1-3-5-9-16-14-12-7-8-13(11-12)15(14)17-10-6-4-2/h7-8,12-15H,3-6,9-11H2,1-2H3. The molecule has 2 heteroatoms. The number of ether oxygens (including phenoxy) is 2. The minimum atomic E-state index is 0.327. The summed E-state index contributed by atoms with van der Waals surface area (Å²) >= 11 is 0. The molecule has 0 radical (unpaired) electrons. The molecule has 0 amide bonds. The highest BCUT2D eigenvalue weighted by Crippen LogP contribution is 2.42. The number of hydrogen-bond acceptors (Lipinski definition) is 2. The molecule has 2 aliphatic rings. The summed E-state index contributed by atoms with van der Waals surface area (Å²) in [7, 11) is 0. The van der Waals surface area contributed by atoms with Gasteiger partial charge in [0.25, 0.3) is 0 Å². The Kier molecular flexibility index (Phi) is 5.05. The molecule has 17 heavy (non-hydrogen) atoms. The Labute approximate surface area is 105 Å². The Morgan fingerprint density at radius 1 is 0.882 bits per heavy atom. The molecule has 0 aromatic heterocycles. The molecule has 2 bridgehead atoms. The van der Waals surface area contributed by atoms with Gasteiger partial charge in [0, 0.05) is 25.0 Å². The van der Waals surface area contributed by atoms with Crippen LogP contribution in [0.15, 0.2) is 12.2 Å². The SMILES string of the molecule is CCCCOC1C2C=CC(C2)C1OCCCC. The van der Waals surface area contributed by atoms with Crippen molar-refractivity contribution < 1.29 is 9.47 Å². The molecule has 2 aliphatic carbocycles. The molecule has 0 heterocycles. The molecule has 4 unspecified atom stereocenters. The van der Waals surface area contributed by atoms with Crippen LogP contribution in [0.5, 0.6) is 0 Å². The maximum Gasteiger partial charge on any atom is 0.0905 e. The van der Waals surface area contributed by atoms with Gasteiger partial charge in [0.05, 0.1) is 12.2 Å². The monoisotopic (exact) mass is 238 g/mol. The number of unbranched alkanes of at least 4 members (excludes halogenated alkanes) is 2. The number of rotatable bonds is 8. The van der Waals surface area contributed by atoms with E-state index in [1.807, 2.05) is 0 Å². The van der Waals surface area contributed by atoms with Gasteiger partial charge in [-0.2, -0.15) is 0 Å². The summed E-state index contributed by atoms with van der Waals surface area (Å²) < 4.78 is 12.1. The number of hydrogen-bond donors (Lipinski definition) is 0. The van der Waals surface area contributed by atoms with Gasteiger partial charge in [0.2, 0.25) is 0 Å². The van der Waals surface area contributed by atoms with Crippen LogP contribution in [0.3, 0.4) is 0 Å². The van der Waals surface area contributed by atoms with E-state index >= 15 is 0 Å². The maximum atomic E-state index is 6.04. The third kappa shape index (κ3) is 3.11. The fraction of sp³-hybridized carbons (Fsp3) is 0.867. The van der Waals surface area contributed by atoms with Crippen LogP contribution in [-0.4, -0.2) is 25.4 Å². The van der Waals surface area contributed by atoms with Crippen LogP contribution in [0.2, 0.25) is 0 Å². The lowest BCUT2D eigenvalue weighted by Gasteiger charge is -2.28. The summed E-state index contributed by atoms with van der Waals surface area (Å²) in [5.74, 6) is 1.23. The van der Waals surface area contributed by atoms with E-state index in [4.69, 9.17) is 9.47 Å². The van der Waals surface area contributed by atoms with Gasteiger partial charge in [-0.25, -0.2) is 0 Å². The maximum absolute atomic E-state index is 6.04. The van der Waals surface area contributed by atoms with Crippen LogP contribution in [0.4, 0.5) is 0 Å². The Balaban J connectivity index is 1.81. The Hall–Kier alpha value is -0.340. The van der Waals surface area contributed by atoms with Crippen LogP contribution in [0.25, 0.3) is 0 Å². The van der Waals surface area contributed by atoms with E-state index in [0.29, 0.717) is 24.0 Å². The van der Waals surface area contributed by atoms with Crippen molar-refractivity contribution in [3.05, 3.63) is 12.2 Å². The molecular weight excluding hydrogens is 212 g/mol. The molecular formula is C15H26O2. The zero-order chi connectivity index (χ0) is 12.1. The van der Waals surface area contributed by atoms with Gasteiger partial charge in [0.1, 0.15) is 0 Å². The van der Waals surface area contributed by atoms with Crippen molar-refractivity contribution in [2.75, 3.05) is 13.2 Å². The average Bonchev–Trinajstić information content (AvgIpc) is 2.92. The third-order valence-electron chi connectivity index (χ3n) is 3.93. The lowest BCUT2D eigenvalue weighted by molar-refractivity contribution is -0.0787. The van der Waals surface area contributed by atoms with Crippen molar-refractivity contribution in [3.63, 3.8) is 0 Å². The highest BCUT2D eigenvalue weighted by Gasteiger charge is 2.45. The molecule has 0 aromatic rings. The predicted octanol–water partition coefficient (Wildman–Crippen LogP) is 3.56. The van der Waals surface area contributed by atoms with E-state index < -0.39 is 0 Å². The summed E-state index contributed by atoms with van der Waals surface area (Å²) in [6.45, 7) is 6.20. The topological polar surface area (TPSA) is 18.5 Å². The van der Waals surface area contributed by atoms with Gasteiger partial charge < -0.3 is 9.47 Å². The molecule has 0 saturated heterocycles. The summed E-state index contributed by atoms with van der Waals surface area (Å²) in [5, 5.41) is 0. The van der Waals surface area contributed by atoms with E-state index in [-0.39, 0.29) is 0 Å².